The standard InChI is InChI=1S/C16H23FN2O2/c1-12-4-2-3-5-15(12)21-11-10-18-16(20)19-14-8-6-13(17)7-9-14/h6-9,12,15H,2-5,10-11H2,1H3,(H2,18,19,20)/t12-,15-/m1/s1. The SMILES string of the molecule is C[C@@H]1CCCC[C@H]1OCCNC(=O)Nc1ccc(F)cc1. The summed E-state index contributed by atoms with van der Waals surface area (Å²) in [5.74, 6) is 0.280. The van der Waals surface area contributed by atoms with Gasteiger partial charge in [-0.15, -0.1) is 0 Å². The van der Waals surface area contributed by atoms with Gasteiger partial charge in [0.05, 0.1) is 12.7 Å². The van der Waals surface area contributed by atoms with Crippen molar-refractivity contribution in [2.24, 2.45) is 5.92 Å². The first-order valence-electron chi connectivity index (χ1n) is 7.57. The summed E-state index contributed by atoms with van der Waals surface area (Å²) >= 11 is 0. The van der Waals surface area contributed by atoms with Crippen molar-refractivity contribution >= 4 is 11.7 Å². The minimum absolute atomic E-state index is 0.304. The summed E-state index contributed by atoms with van der Waals surface area (Å²) < 4.78 is 18.6. The number of urea groups is 1. The van der Waals surface area contributed by atoms with Gasteiger partial charge >= 0.3 is 6.03 Å². The van der Waals surface area contributed by atoms with E-state index in [1.165, 1.54) is 43.5 Å². The maximum atomic E-state index is 12.7. The highest BCUT2D eigenvalue weighted by molar-refractivity contribution is 5.89. The quantitative estimate of drug-likeness (QED) is 0.816. The van der Waals surface area contributed by atoms with Gasteiger partial charge in [-0.1, -0.05) is 19.8 Å². The molecule has 2 atom stereocenters. The van der Waals surface area contributed by atoms with E-state index in [-0.39, 0.29) is 11.8 Å². The third-order valence-corrected chi connectivity index (χ3v) is 3.85. The molecule has 1 aromatic rings. The molecule has 0 bridgehead atoms. The number of rotatable bonds is 5. The minimum atomic E-state index is -0.323. The van der Waals surface area contributed by atoms with Crippen LogP contribution in [0.3, 0.4) is 0 Å². The van der Waals surface area contributed by atoms with Gasteiger partial charge in [-0.2, -0.15) is 0 Å². The maximum absolute atomic E-state index is 12.7. The van der Waals surface area contributed by atoms with E-state index >= 15 is 0 Å². The first-order chi connectivity index (χ1) is 10.1. The van der Waals surface area contributed by atoms with Gasteiger partial charge in [0.1, 0.15) is 5.82 Å². The zero-order valence-corrected chi connectivity index (χ0v) is 12.4. The van der Waals surface area contributed by atoms with Crippen molar-refractivity contribution < 1.29 is 13.9 Å². The Morgan fingerprint density at radius 2 is 2.00 bits per heavy atom. The molecule has 2 amide bonds. The molecule has 0 spiro atoms. The second-order valence-corrected chi connectivity index (χ2v) is 5.56. The average Bonchev–Trinajstić information content (AvgIpc) is 2.48. The number of benzene rings is 1. The molecule has 0 heterocycles. The molecule has 2 N–H and O–H groups in total. The van der Waals surface area contributed by atoms with Crippen LogP contribution >= 0.6 is 0 Å². The van der Waals surface area contributed by atoms with Crippen LogP contribution in [0.2, 0.25) is 0 Å². The lowest BCUT2D eigenvalue weighted by Crippen LogP contribution is -2.34. The molecule has 0 aliphatic heterocycles. The number of amides is 2. The van der Waals surface area contributed by atoms with Crippen molar-refractivity contribution in [1.82, 2.24) is 5.32 Å². The summed E-state index contributed by atoms with van der Waals surface area (Å²) in [4.78, 5) is 11.6. The lowest BCUT2D eigenvalue weighted by molar-refractivity contribution is -0.00232. The van der Waals surface area contributed by atoms with Gasteiger partial charge in [0.2, 0.25) is 0 Å². The summed E-state index contributed by atoms with van der Waals surface area (Å²) in [7, 11) is 0. The Hall–Kier alpha value is -1.62. The number of carbonyl (C=O) groups is 1. The van der Waals surface area contributed by atoms with Crippen LogP contribution in [0.1, 0.15) is 32.6 Å². The Labute approximate surface area is 125 Å². The highest BCUT2D eigenvalue weighted by atomic mass is 19.1. The molecule has 1 aliphatic carbocycles. The van der Waals surface area contributed by atoms with E-state index in [0.29, 0.717) is 30.9 Å². The molecule has 5 heteroatoms. The fourth-order valence-electron chi connectivity index (χ4n) is 2.61. The molecule has 1 aromatic carbocycles. The van der Waals surface area contributed by atoms with Crippen LogP contribution in [0, 0.1) is 11.7 Å². The fourth-order valence-corrected chi connectivity index (χ4v) is 2.61. The summed E-state index contributed by atoms with van der Waals surface area (Å²) in [5.41, 5.74) is 0.565. The van der Waals surface area contributed by atoms with Crippen LogP contribution in [0.25, 0.3) is 0 Å². The van der Waals surface area contributed by atoms with Crippen molar-refractivity contribution in [3.05, 3.63) is 30.1 Å². The van der Waals surface area contributed by atoms with E-state index in [1.807, 2.05) is 0 Å². The third-order valence-electron chi connectivity index (χ3n) is 3.85. The molecule has 2 rings (SSSR count). The van der Waals surface area contributed by atoms with E-state index in [4.69, 9.17) is 4.74 Å². The highest BCUT2D eigenvalue weighted by Crippen LogP contribution is 2.25. The van der Waals surface area contributed by atoms with Crippen LogP contribution in [0.5, 0.6) is 0 Å². The number of hydrogen-bond donors (Lipinski definition) is 2. The Kier molecular flexibility index (Phi) is 5.99. The van der Waals surface area contributed by atoms with Crippen molar-refractivity contribution in [2.75, 3.05) is 18.5 Å². The van der Waals surface area contributed by atoms with E-state index in [9.17, 15) is 9.18 Å². The van der Waals surface area contributed by atoms with Crippen LogP contribution in [-0.4, -0.2) is 25.3 Å². The molecule has 1 saturated carbocycles. The maximum Gasteiger partial charge on any atom is 0.319 e. The topological polar surface area (TPSA) is 50.4 Å². The van der Waals surface area contributed by atoms with Crippen LogP contribution in [-0.2, 0) is 4.74 Å². The molecule has 116 valence electrons. The van der Waals surface area contributed by atoms with Crippen LogP contribution < -0.4 is 10.6 Å². The summed E-state index contributed by atoms with van der Waals surface area (Å²) in [6.07, 6.45) is 5.18. The Balaban J connectivity index is 1.61. The Morgan fingerprint density at radius 3 is 2.71 bits per heavy atom. The number of carbonyl (C=O) groups excluding carboxylic acids is 1. The number of halogens is 1. The van der Waals surface area contributed by atoms with Crippen molar-refractivity contribution in [3.8, 4) is 0 Å². The van der Waals surface area contributed by atoms with Gasteiger partial charge in [-0.05, 0) is 43.0 Å². The van der Waals surface area contributed by atoms with Gasteiger partial charge in [0, 0.05) is 12.2 Å². The van der Waals surface area contributed by atoms with E-state index in [0.717, 1.165) is 6.42 Å². The predicted octanol–water partition coefficient (Wildman–Crippen LogP) is 3.54. The molecule has 1 aliphatic rings. The van der Waals surface area contributed by atoms with Crippen molar-refractivity contribution in [2.45, 2.75) is 38.7 Å². The predicted molar refractivity (Wildman–Crippen MR) is 80.8 cm³/mol. The average molecular weight is 294 g/mol. The van der Waals surface area contributed by atoms with Crippen LogP contribution in [0.15, 0.2) is 24.3 Å². The molecule has 21 heavy (non-hydrogen) atoms. The van der Waals surface area contributed by atoms with Crippen LogP contribution in [0.4, 0.5) is 14.9 Å². The third kappa shape index (κ3) is 5.34. The minimum Gasteiger partial charge on any atom is -0.376 e. The molecule has 0 radical (unpaired) electrons. The highest BCUT2D eigenvalue weighted by Gasteiger charge is 2.21. The molecule has 0 saturated heterocycles. The van der Waals surface area contributed by atoms with Crippen molar-refractivity contribution in [1.29, 1.82) is 0 Å². The summed E-state index contributed by atoms with van der Waals surface area (Å²) in [5, 5.41) is 5.38. The van der Waals surface area contributed by atoms with Gasteiger partial charge in [0.25, 0.3) is 0 Å². The first-order valence-corrected chi connectivity index (χ1v) is 7.57. The number of ether oxygens (including phenoxy) is 1. The van der Waals surface area contributed by atoms with Gasteiger partial charge in [0.15, 0.2) is 0 Å². The monoisotopic (exact) mass is 294 g/mol. The second-order valence-electron chi connectivity index (χ2n) is 5.56. The molecule has 0 unspecified atom stereocenters. The van der Waals surface area contributed by atoms with Gasteiger partial charge in [-0.25, -0.2) is 9.18 Å². The molecular formula is C16H23FN2O2. The molecule has 0 aromatic heterocycles. The second kappa shape index (κ2) is 7.98. The summed E-state index contributed by atoms with van der Waals surface area (Å²) in [6.45, 7) is 3.21. The first kappa shape index (κ1) is 15.8. The lowest BCUT2D eigenvalue weighted by Gasteiger charge is -2.28. The normalized spacial score (nSPS) is 21.8. The fraction of sp³-hybridized carbons (Fsp3) is 0.562. The largest absolute Gasteiger partial charge is 0.376 e. The molecular weight excluding hydrogens is 271 g/mol. The molecule has 4 nitrogen and oxygen atoms in total. The Morgan fingerprint density at radius 1 is 1.29 bits per heavy atom. The Bertz CT molecular complexity index is 450. The number of hydrogen-bond acceptors (Lipinski definition) is 2. The summed E-state index contributed by atoms with van der Waals surface area (Å²) in [6, 6.07) is 5.36. The molecule has 1 fully saturated rings. The lowest BCUT2D eigenvalue weighted by atomic mass is 9.88. The zero-order chi connectivity index (χ0) is 15.1. The van der Waals surface area contributed by atoms with Gasteiger partial charge in [-0.3, -0.25) is 0 Å². The smallest absolute Gasteiger partial charge is 0.319 e. The van der Waals surface area contributed by atoms with E-state index in [1.54, 1.807) is 0 Å². The van der Waals surface area contributed by atoms with E-state index in [2.05, 4.69) is 17.6 Å². The zero-order valence-electron chi connectivity index (χ0n) is 12.4. The van der Waals surface area contributed by atoms with E-state index < -0.39 is 0 Å². The van der Waals surface area contributed by atoms with Gasteiger partial charge < -0.3 is 15.4 Å². The number of anilines is 1. The van der Waals surface area contributed by atoms with Crippen molar-refractivity contribution in [3.63, 3.8) is 0 Å². The number of nitrogens with one attached hydrogen (secondary N) is 2.